The van der Waals surface area contributed by atoms with E-state index in [9.17, 15) is 4.79 Å². The number of amides is 1. The molecule has 3 rings (SSSR count). The Hall–Kier alpha value is -2.29. The van der Waals surface area contributed by atoms with Crippen LogP contribution in [0.25, 0.3) is 0 Å². The molecule has 1 amide bonds. The highest BCUT2D eigenvalue weighted by Crippen LogP contribution is 2.30. The molecule has 2 aromatic carbocycles. The molecule has 0 fully saturated rings. The number of ether oxygens (including phenoxy) is 1. The summed E-state index contributed by atoms with van der Waals surface area (Å²) >= 11 is 0. The van der Waals surface area contributed by atoms with Gasteiger partial charge >= 0.3 is 0 Å². The predicted molar refractivity (Wildman–Crippen MR) is 82.3 cm³/mol. The fourth-order valence-electron chi connectivity index (χ4n) is 2.73. The Labute approximate surface area is 124 Å². The number of fused-ring (bicyclic) bond motifs is 1. The summed E-state index contributed by atoms with van der Waals surface area (Å²) in [6.07, 6.45) is 2.00. The van der Waals surface area contributed by atoms with Crippen molar-refractivity contribution in [2.45, 2.75) is 25.8 Å². The minimum Gasteiger partial charge on any atom is -0.484 e. The Balaban J connectivity index is 1.54. The van der Waals surface area contributed by atoms with Gasteiger partial charge in [-0.15, -0.1) is 0 Å². The monoisotopic (exact) mass is 281 g/mol. The van der Waals surface area contributed by atoms with Crippen molar-refractivity contribution < 1.29 is 9.53 Å². The maximum absolute atomic E-state index is 12.0. The normalized spacial score (nSPS) is 16.3. The maximum Gasteiger partial charge on any atom is 0.258 e. The molecule has 0 unspecified atom stereocenters. The molecule has 0 heterocycles. The SMILES string of the molecule is Cc1ccc(OCC(=O)N[C@@H]2CCc3ccccc32)cc1. The number of hydrogen-bond donors (Lipinski definition) is 1. The van der Waals surface area contributed by atoms with Crippen LogP contribution in [0.1, 0.15) is 29.2 Å². The van der Waals surface area contributed by atoms with Crippen LogP contribution >= 0.6 is 0 Å². The first-order chi connectivity index (χ1) is 10.2. The van der Waals surface area contributed by atoms with E-state index in [1.165, 1.54) is 16.7 Å². The zero-order valence-corrected chi connectivity index (χ0v) is 12.1. The van der Waals surface area contributed by atoms with Gasteiger partial charge in [0.15, 0.2) is 6.61 Å². The van der Waals surface area contributed by atoms with Gasteiger partial charge < -0.3 is 10.1 Å². The highest BCUT2D eigenvalue weighted by Gasteiger charge is 2.23. The van der Waals surface area contributed by atoms with E-state index in [4.69, 9.17) is 4.74 Å². The van der Waals surface area contributed by atoms with Crippen molar-refractivity contribution in [1.29, 1.82) is 0 Å². The molecule has 3 nitrogen and oxygen atoms in total. The molecule has 0 saturated carbocycles. The van der Waals surface area contributed by atoms with Gasteiger partial charge in [0, 0.05) is 0 Å². The van der Waals surface area contributed by atoms with Crippen LogP contribution in [-0.4, -0.2) is 12.5 Å². The lowest BCUT2D eigenvalue weighted by Gasteiger charge is -2.14. The number of rotatable bonds is 4. The largest absolute Gasteiger partial charge is 0.484 e. The van der Waals surface area contributed by atoms with E-state index in [2.05, 4.69) is 17.4 Å². The lowest BCUT2D eigenvalue weighted by Crippen LogP contribution is -2.31. The summed E-state index contributed by atoms with van der Waals surface area (Å²) in [6.45, 7) is 2.08. The third-order valence-electron chi connectivity index (χ3n) is 3.86. The number of hydrogen-bond acceptors (Lipinski definition) is 2. The predicted octanol–water partition coefficient (Wildman–Crippen LogP) is 3.18. The average Bonchev–Trinajstić information content (AvgIpc) is 2.90. The third kappa shape index (κ3) is 3.24. The van der Waals surface area contributed by atoms with Gasteiger partial charge in [0.1, 0.15) is 5.75 Å². The molecular weight excluding hydrogens is 262 g/mol. The van der Waals surface area contributed by atoms with Crippen molar-refractivity contribution in [2.24, 2.45) is 0 Å². The Morgan fingerprint density at radius 2 is 1.95 bits per heavy atom. The van der Waals surface area contributed by atoms with Gasteiger partial charge in [-0.25, -0.2) is 0 Å². The van der Waals surface area contributed by atoms with E-state index in [-0.39, 0.29) is 18.6 Å². The topological polar surface area (TPSA) is 38.3 Å². The molecule has 1 N–H and O–H groups in total. The van der Waals surface area contributed by atoms with Crippen molar-refractivity contribution in [3.05, 3.63) is 65.2 Å². The van der Waals surface area contributed by atoms with Crippen LogP contribution in [0.3, 0.4) is 0 Å². The van der Waals surface area contributed by atoms with Crippen LogP contribution in [0.5, 0.6) is 5.75 Å². The molecule has 0 radical (unpaired) electrons. The Morgan fingerprint density at radius 3 is 2.76 bits per heavy atom. The first kappa shape index (κ1) is 13.7. The quantitative estimate of drug-likeness (QED) is 0.934. The van der Waals surface area contributed by atoms with Crippen molar-refractivity contribution >= 4 is 5.91 Å². The zero-order chi connectivity index (χ0) is 14.7. The number of aryl methyl sites for hydroxylation is 2. The van der Waals surface area contributed by atoms with Gasteiger partial charge in [0.05, 0.1) is 6.04 Å². The molecule has 1 atom stereocenters. The van der Waals surface area contributed by atoms with Gasteiger partial charge in [0.25, 0.3) is 5.91 Å². The Bertz CT molecular complexity index is 634. The van der Waals surface area contributed by atoms with Crippen molar-refractivity contribution in [3.63, 3.8) is 0 Å². The van der Waals surface area contributed by atoms with Gasteiger partial charge in [-0.1, -0.05) is 42.0 Å². The van der Waals surface area contributed by atoms with Crippen LogP contribution in [0.15, 0.2) is 48.5 Å². The summed E-state index contributed by atoms with van der Waals surface area (Å²) in [7, 11) is 0. The van der Waals surface area contributed by atoms with E-state index >= 15 is 0 Å². The standard InChI is InChI=1S/C18H19NO2/c1-13-6-9-15(10-7-13)21-12-18(20)19-17-11-8-14-4-2-3-5-16(14)17/h2-7,9-10,17H,8,11-12H2,1H3,(H,19,20)/t17-/m1/s1. The highest BCUT2D eigenvalue weighted by atomic mass is 16.5. The summed E-state index contributed by atoms with van der Waals surface area (Å²) < 4.78 is 5.51. The third-order valence-corrected chi connectivity index (χ3v) is 3.86. The Morgan fingerprint density at radius 1 is 1.19 bits per heavy atom. The van der Waals surface area contributed by atoms with E-state index in [0.717, 1.165) is 18.6 Å². The summed E-state index contributed by atoms with van der Waals surface area (Å²) in [5.41, 5.74) is 3.75. The number of benzene rings is 2. The second kappa shape index (κ2) is 6.00. The maximum atomic E-state index is 12.0. The highest BCUT2D eigenvalue weighted by molar-refractivity contribution is 5.78. The minimum absolute atomic E-state index is 0.0573. The average molecular weight is 281 g/mol. The first-order valence-corrected chi connectivity index (χ1v) is 7.29. The Kier molecular flexibility index (Phi) is 3.91. The molecule has 3 heteroatoms. The van der Waals surface area contributed by atoms with E-state index in [1.807, 2.05) is 43.3 Å². The van der Waals surface area contributed by atoms with E-state index in [0.29, 0.717) is 0 Å². The molecule has 1 aliphatic rings. The lowest BCUT2D eigenvalue weighted by molar-refractivity contribution is -0.123. The smallest absolute Gasteiger partial charge is 0.258 e. The summed E-state index contributed by atoms with van der Waals surface area (Å²) in [5.74, 6) is 0.653. The molecule has 0 saturated heterocycles. The van der Waals surface area contributed by atoms with Crippen molar-refractivity contribution in [3.8, 4) is 5.75 Å². The number of carbonyl (C=O) groups excluding carboxylic acids is 1. The van der Waals surface area contributed by atoms with Crippen LogP contribution in [0.2, 0.25) is 0 Å². The molecule has 0 bridgehead atoms. The second-order valence-electron chi connectivity index (χ2n) is 5.46. The molecule has 21 heavy (non-hydrogen) atoms. The second-order valence-corrected chi connectivity index (χ2v) is 5.46. The fourth-order valence-corrected chi connectivity index (χ4v) is 2.73. The van der Waals surface area contributed by atoms with Crippen molar-refractivity contribution in [2.75, 3.05) is 6.61 Å². The fraction of sp³-hybridized carbons (Fsp3) is 0.278. The molecule has 108 valence electrons. The first-order valence-electron chi connectivity index (χ1n) is 7.29. The molecule has 2 aromatic rings. The van der Waals surface area contributed by atoms with E-state index < -0.39 is 0 Å². The van der Waals surface area contributed by atoms with Crippen LogP contribution in [-0.2, 0) is 11.2 Å². The minimum atomic E-state index is -0.0720. The lowest BCUT2D eigenvalue weighted by atomic mass is 10.1. The molecular formula is C18H19NO2. The molecule has 0 aliphatic heterocycles. The zero-order valence-electron chi connectivity index (χ0n) is 12.1. The number of nitrogens with one attached hydrogen (secondary N) is 1. The summed E-state index contributed by atoms with van der Waals surface area (Å²) in [6, 6.07) is 16.1. The van der Waals surface area contributed by atoms with Crippen LogP contribution < -0.4 is 10.1 Å². The summed E-state index contributed by atoms with van der Waals surface area (Å²) in [4.78, 5) is 12.0. The molecule has 0 aromatic heterocycles. The number of carbonyl (C=O) groups is 1. The summed E-state index contributed by atoms with van der Waals surface area (Å²) in [5, 5.41) is 3.05. The molecule has 1 aliphatic carbocycles. The molecule has 0 spiro atoms. The van der Waals surface area contributed by atoms with Crippen molar-refractivity contribution in [1.82, 2.24) is 5.32 Å². The van der Waals surface area contributed by atoms with Gasteiger partial charge in [0.2, 0.25) is 0 Å². The van der Waals surface area contributed by atoms with Crippen LogP contribution in [0, 0.1) is 6.92 Å². The van der Waals surface area contributed by atoms with Gasteiger partial charge in [-0.2, -0.15) is 0 Å². The van der Waals surface area contributed by atoms with Gasteiger partial charge in [-0.3, -0.25) is 4.79 Å². The van der Waals surface area contributed by atoms with E-state index in [1.54, 1.807) is 0 Å². The van der Waals surface area contributed by atoms with Crippen LogP contribution in [0.4, 0.5) is 0 Å². The van der Waals surface area contributed by atoms with Gasteiger partial charge in [-0.05, 0) is 43.0 Å².